The quantitative estimate of drug-likeness (QED) is 0.830. The first-order chi connectivity index (χ1) is 11.5. The number of nitrogens with one attached hydrogen (secondary N) is 1. The molecule has 1 N–H and O–H groups in total. The third-order valence-electron chi connectivity index (χ3n) is 4.37. The molecule has 0 aliphatic heterocycles. The van der Waals surface area contributed by atoms with Crippen LogP contribution in [0.15, 0.2) is 36.4 Å². The monoisotopic (exact) mass is 327 g/mol. The molecule has 4 nitrogen and oxygen atoms in total. The standard InChI is InChI=1S/C20H25NO3/c1-6-13(2)16-9-7-8-10-17(16)21-20(22)15-11-18(23-4)14(3)19(12-15)24-5/h7-13H,6H2,1-5H3,(H,21,22)/t13-/m0/s1. The molecule has 0 saturated heterocycles. The highest BCUT2D eigenvalue weighted by Gasteiger charge is 2.16. The maximum Gasteiger partial charge on any atom is 0.255 e. The number of rotatable bonds is 6. The van der Waals surface area contributed by atoms with Crippen molar-refractivity contribution in [1.82, 2.24) is 0 Å². The molecule has 0 fully saturated rings. The molecule has 0 bridgehead atoms. The first-order valence-electron chi connectivity index (χ1n) is 8.14. The van der Waals surface area contributed by atoms with E-state index in [2.05, 4.69) is 25.2 Å². The molecule has 0 unspecified atom stereocenters. The SMILES string of the molecule is CC[C@H](C)c1ccccc1NC(=O)c1cc(OC)c(C)c(OC)c1. The summed E-state index contributed by atoms with van der Waals surface area (Å²) in [5, 5.41) is 3.01. The van der Waals surface area contributed by atoms with E-state index in [4.69, 9.17) is 9.47 Å². The fourth-order valence-electron chi connectivity index (χ4n) is 2.67. The lowest BCUT2D eigenvalue weighted by molar-refractivity contribution is 0.102. The van der Waals surface area contributed by atoms with Crippen LogP contribution in [0.5, 0.6) is 11.5 Å². The van der Waals surface area contributed by atoms with Gasteiger partial charge in [-0.2, -0.15) is 0 Å². The number of hydrogen-bond donors (Lipinski definition) is 1. The summed E-state index contributed by atoms with van der Waals surface area (Å²) in [4.78, 5) is 12.7. The van der Waals surface area contributed by atoms with Crippen molar-refractivity contribution < 1.29 is 14.3 Å². The number of anilines is 1. The fourth-order valence-corrected chi connectivity index (χ4v) is 2.67. The van der Waals surface area contributed by atoms with Crippen molar-refractivity contribution in [2.45, 2.75) is 33.1 Å². The second-order valence-electron chi connectivity index (χ2n) is 5.86. The molecule has 0 heterocycles. The van der Waals surface area contributed by atoms with Crippen LogP contribution in [0.1, 0.15) is 47.7 Å². The first kappa shape index (κ1) is 17.9. The van der Waals surface area contributed by atoms with E-state index in [0.717, 1.165) is 23.2 Å². The summed E-state index contributed by atoms with van der Waals surface area (Å²) in [7, 11) is 3.17. The summed E-state index contributed by atoms with van der Waals surface area (Å²) >= 11 is 0. The number of carbonyl (C=O) groups excluding carboxylic acids is 1. The van der Waals surface area contributed by atoms with Crippen molar-refractivity contribution >= 4 is 11.6 Å². The Balaban J connectivity index is 2.34. The summed E-state index contributed by atoms with van der Waals surface area (Å²) in [5.74, 6) is 1.47. The van der Waals surface area contributed by atoms with E-state index in [1.807, 2.05) is 25.1 Å². The van der Waals surface area contributed by atoms with Gasteiger partial charge in [0.1, 0.15) is 11.5 Å². The van der Waals surface area contributed by atoms with Gasteiger partial charge in [0.25, 0.3) is 5.91 Å². The van der Waals surface area contributed by atoms with E-state index in [1.54, 1.807) is 26.4 Å². The van der Waals surface area contributed by atoms with Gasteiger partial charge in [0.2, 0.25) is 0 Å². The number of para-hydroxylation sites is 1. The topological polar surface area (TPSA) is 47.6 Å². The van der Waals surface area contributed by atoms with E-state index >= 15 is 0 Å². The lowest BCUT2D eigenvalue weighted by Gasteiger charge is -2.17. The van der Waals surface area contributed by atoms with E-state index in [9.17, 15) is 4.79 Å². The number of hydrogen-bond acceptors (Lipinski definition) is 3. The van der Waals surface area contributed by atoms with Gasteiger partial charge in [-0.25, -0.2) is 0 Å². The Morgan fingerprint density at radius 2 is 1.71 bits per heavy atom. The summed E-state index contributed by atoms with van der Waals surface area (Å²) in [6.45, 7) is 6.19. The van der Waals surface area contributed by atoms with E-state index < -0.39 is 0 Å². The van der Waals surface area contributed by atoms with Gasteiger partial charge in [-0.05, 0) is 43.0 Å². The zero-order valence-electron chi connectivity index (χ0n) is 15.0. The van der Waals surface area contributed by atoms with Gasteiger partial charge < -0.3 is 14.8 Å². The van der Waals surface area contributed by atoms with Crippen LogP contribution in [0.3, 0.4) is 0 Å². The molecule has 0 aliphatic carbocycles. The number of ether oxygens (including phenoxy) is 2. The first-order valence-corrected chi connectivity index (χ1v) is 8.14. The van der Waals surface area contributed by atoms with Crippen LogP contribution in [0.2, 0.25) is 0 Å². The zero-order valence-corrected chi connectivity index (χ0v) is 15.0. The van der Waals surface area contributed by atoms with Crippen LogP contribution < -0.4 is 14.8 Å². The Labute approximate surface area is 143 Å². The van der Waals surface area contributed by atoms with Crippen molar-refractivity contribution in [2.75, 3.05) is 19.5 Å². The van der Waals surface area contributed by atoms with Crippen molar-refractivity contribution in [3.05, 3.63) is 53.1 Å². The Morgan fingerprint density at radius 1 is 1.12 bits per heavy atom. The average Bonchev–Trinajstić information content (AvgIpc) is 2.61. The van der Waals surface area contributed by atoms with Crippen molar-refractivity contribution in [2.24, 2.45) is 0 Å². The highest BCUT2D eigenvalue weighted by atomic mass is 16.5. The van der Waals surface area contributed by atoms with Gasteiger partial charge in [0, 0.05) is 16.8 Å². The molecule has 0 aliphatic rings. The number of amides is 1. The van der Waals surface area contributed by atoms with Gasteiger partial charge in [-0.15, -0.1) is 0 Å². The molecule has 1 atom stereocenters. The molecule has 0 saturated carbocycles. The zero-order chi connectivity index (χ0) is 17.7. The predicted molar refractivity (Wildman–Crippen MR) is 97.4 cm³/mol. The van der Waals surface area contributed by atoms with Crippen LogP contribution >= 0.6 is 0 Å². The molecule has 0 radical (unpaired) electrons. The second kappa shape index (κ2) is 7.86. The number of carbonyl (C=O) groups is 1. The minimum atomic E-state index is -0.178. The Hall–Kier alpha value is -2.49. The summed E-state index contributed by atoms with van der Waals surface area (Å²) in [6.07, 6.45) is 1.01. The average molecular weight is 327 g/mol. The molecule has 24 heavy (non-hydrogen) atoms. The van der Waals surface area contributed by atoms with Gasteiger partial charge >= 0.3 is 0 Å². The van der Waals surface area contributed by atoms with Gasteiger partial charge in [0.15, 0.2) is 0 Å². The number of benzene rings is 2. The minimum absolute atomic E-state index is 0.178. The molecule has 2 aromatic rings. The molecule has 2 rings (SSSR count). The van der Waals surface area contributed by atoms with Gasteiger partial charge in [-0.3, -0.25) is 4.79 Å². The third-order valence-corrected chi connectivity index (χ3v) is 4.37. The highest BCUT2D eigenvalue weighted by Crippen LogP contribution is 2.31. The van der Waals surface area contributed by atoms with Crippen LogP contribution in [0.25, 0.3) is 0 Å². The lowest BCUT2D eigenvalue weighted by atomic mass is 9.96. The third kappa shape index (κ3) is 3.70. The van der Waals surface area contributed by atoms with Crippen LogP contribution in [-0.2, 0) is 0 Å². The molecular weight excluding hydrogens is 302 g/mol. The van der Waals surface area contributed by atoms with E-state index in [1.165, 1.54) is 0 Å². The highest BCUT2D eigenvalue weighted by molar-refractivity contribution is 6.05. The Morgan fingerprint density at radius 3 is 2.25 bits per heavy atom. The van der Waals surface area contributed by atoms with Gasteiger partial charge in [-0.1, -0.05) is 32.0 Å². The van der Waals surface area contributed by atoms with E-state index in [0.29, 0.717) is 23.0 Å². The van der Waals surface area contributed by atoms with Crippen LogP contribution in [0.4, 0.5) is 5.69 Å². The predicted octanol–water partition coefficient (Wildman–Crippen LogP) is 4.78. The summed E-state index contributed by atoms with van der Waals surface area (Å²) in [6, 6.07) is 11.4. The summed E-state index contributed by atoms with van der Waals surface area (Å²) in [5.41, 5.74) is 3.36. The largest absolute Gasteiger partial charge is 0.496 e. The smallest absolute Gasteiger partial charge is 0.255 e. The Bertz CT molecular complexity index is 700. The van der Waals surface area contributed by atoms with E-state index in [-0.39, 0.29) is 5.91 Å². The maximum absolute atomic E-state index is 12.7. The molecule has 0 aromatic heterocycles. The second-order valence-corrected chi connectivity index (χ2v) is 5.86. The molecular formula is C20H25NO3. The van der Waals surface area contributed by atoms with Crippen LogP contribution in [-0.4, -0.2) is 20.1 Å². The Kier molecular flexibility index (Phi) is 5.85. The van der Waals surface area contributed by atoms with Gasteiger partial charge in [0.05, 0.1) is 14.2 Å². The molecule has 128 valence electrons. The molecule has 1 amide bonds. The fraction of sp³-hybridized carbons (Fsp3) is 0.350. The summed E-state index contributed by atoms with van der Waals surface area (Å²) < 4.78 is 10.7. The lowest BCUT2D eigenvalue weighted by Crippen LogP contribution is -2.14. The van der Waals surface area contributed by atoms with Crippen molar-refractivity contribution in [3.8, 4) is 11.5 Å². The van der Waals surface area contributed by atoms with Crippen LogP contribution in [0, 0.1) is 6.92 Å². The minimum Gasteiger partial charge on any atom is -0.496 e. The van der Waals surface area contributed by atoms with Crippen molar-refractivity contribution in [3.63, 3.8) is 0 Å². The molecule has 4 heteroatoms. The number of methoxy groups -OCH3 is 2. The maximum atomic E-state index is 12.7. The molecule has 0 spiro atoms. The van der Waals surface area contributed by atoms with Crippen molar-refractivity contribution in [1.29, 1.82) is 0 Å². The molecule has 2 aromatic carbocycles. The normalized spacial score (nSPS) is 11.7.